The lowest BCUT2D eigenvalue weighted by Gasteiger charge is -2.10. The Bertz CT molecular complexity index is 499. The molecule has 2 rings (SSSR count). The maximum atomic E-state index is 6.23. The number of aryl methyl sites for hydroxylation is 1. The first-order valence-electron chi connectivity index (χ1n) is 6.32. The maximum absolute atomic E-state index is 6.23. The van der Waals surface area contributed by atoms with Gasteiger partial charge in [0.05, 0.1) is 10.7 Å². The van der Waals surface area contributed by atoms with E-state index in [0.717, 1.165) is 11.4 Å². The second-order valence-electron chi connectivity index (χ2n) is 5.04. The third-order valence-electron chi connectivity index (χ3n) is 3.06. The molecule has 0 aliphatic carbocycles. The number of thiazole rings is 1. The van der Waals surface area contributed by atoms with Crippen molar-refractivity contribution in [3.63, 3.8) is 0 Å². The third-order valence-corrected chi connectivity index (χ3v) is 3.95. The fraction of sp³-hybridized carbons (Fsp3) is 0.400. The fourth-order valence-corrected chi connectivity index (χ4v) is 2.82. The van der Waals surface area contributed by atoms with Gasteiger partial charge in [0, 0.05) is 17.8 Å². The number of hydrogen-bond donors (Lipinski definition) is 1. The molecular formula is C15H20N2S. The van der Waals surface area contributed by atoms with Gasteiger partial charge >= 0.3 is 0 Å². The van der Waals surface area contributed by atoms with Crippen LogP contribution in [0.5, 0.6) is 0 Å². The zero-order valence-electron chi connectivity index (χ0n) is 11.2. The monoisotopic (exact) mass is 260 g/mol. The average Bonchev–Trinajstić information content (AvgIpc) is 2.78. The van der Waals surface area contributed by atoms with E-state index in [2.05, 4.69) is 55.4 Å². The van der Waals surface area contributed by atoms with E-state index < -0.39 is 0 Å². The minimum atomic E-state index is 0.0387. The topological polar surface area (TPSA) is 38.9 Å². The molecule has 3 heteroatoms. The van der Waals surface area contributed by atoms with E-state index in [-0.39, 0.29) is 6.04 Å². The molecular weight excluding hydrogens is 240 g/mol. The summed E-state index contributed by atoms with van der Waals surface area (Å²) >= 11 is 1.71. The summed E-state index contributed by atoms with van der Waals surface area (Å²) in [7, 11) is 0. The van der Waals surface area contributed by atoms with Crippen LogP contribution in [0.25, 0.3) is 0 Å². The van der Waals surface area contributed by atoms with E-state index in [0.29, 0.717) is 5.92 Å². The van der Waals surface area contributed by atoms with Crippen LogP contribution in [0.3, 0.4) is 0 Å². The number of rotatable bonds is 4. The van der Waals surface area contributed by atoms with Crippen LogP contribution in [0, 0.1) is 6.92 Å². The van der Waals surface area contributed by atoms with Crippen LogP contribution >= 0.6 is 11.3 Å². The summed E-state index contributed by atoms with van der Waals surface area (Å²) in [5, 5.41) is 3.27. The Kier molecular flexibility index (Phi) is 4.15. The maximum Gasteiger partial charge on any atom is 0.0947 e. The zero-order valence-corrected chi connectivity index (χ0v) is 12.0. The Labute approximate surface area is 113 Å². The number of aromatic nitrogens is 1. The molecule has 1 aromatic heterocycles. The van der Waals surface area contributed by atoms with Gasteiger partial charge in [-0.2, -0.15) is 0 Å². The first-order valence-corrected chi connectivity index (χ1v) is 7.20. The normalized spacial score (nSPS) is 12.9. The van der Waals surface area contributed by atoms with Gasteiger partial charge in [0.2, 0.25) is 0 Å². The van der Waals surface area contributed by atoms with Gasteiger partial charge in [0.25, 0.3) is 0 Å². The Morgan fingerprint density at radius 1 is 1.22 bits per heavy atom. The molecule has 0 fully saturated rings. The molecule has 0 saturated heterocycles. The number of nitrogens with two attached hydrogens (primary N) is 1. The van der Waals surface area contributed by atoms with E-state index in [1.807, 2.05) is 0 Å². The Morgan fingerprint density at radius 2 is 1.89 bits per heavy atom. The van der Waals surface area contributed by atoms with Gasteiger partial charge in [-0.15, -0.1) is 11.3 Å². The highest BCUT2D eigenvalue weighted by Gasteiger charge is 2.11. The lowest BCUT2D eigenvalue weighted by molar-refractivity contribution is 0.710. The Morgan fingerprint density at radius 3 is 2.44 bits per heavy atom. The second-order valence-corrected chi connectivity index (χ2v) is 5.98. The molecule has 2 aromatic rings. The summed E-state index contributed by atoms with van der Waals surface area (Å²) in [6.07, 6.45) is 0.820. The molecule has 18 heavy (non-hydrogen) atoms. The molecule has 96 valence electrons. The van der Waals surface area contributed by atoms with Crippen LogP contribution < -0.4 is 5.73 Å². The molecule has 0 amide bonds. The van der Waals surface area contributed by atoms with Crippen molar-refractivity contribution in [1.82, 2.24) is 4.98 Å². The van der Waals surface area contributed by atoms with Gasteiger partial charge < -0.3 is 5.73 Å². The van der Waals surface area contributed by atoms with E-state index in [1.165, 1.54) is 16.8 Å². The molecule has 2 nitrogen and oxygen atoms in total. The molecule has 2 N–H and O–H groups in total. The molecule has 1 aromatic carbocycles. The van der Waals surface area contributed by atoms with Gasteiger partial charge in [0.1, 0.15) is 0 Å². The summed E-state index contributed by atoms with van der Waals surface area (Å²) in [6, 6.07) is 8.47. The minimum Gasteiger partial charge on any atom is -0.324 e. The van der Waals surface area contributed by atoms with Crippen molar-refractivity contribution in [3.8, 4) is 0 Å². The summed E-state index contributed by atoms with van der Waals surface area (Å²) < 4.78 is 0. The fourth-order valence-electron chi connectivity index (χ4n) is 1.80. The Hall–Kier alpha value is -1.19. The zero-order chi connectivity index (χ0) is 13.1. The van der Waals surface area contributed by atoms with Crippen LogP contribution in [-0.2, 0) is 6.42 Å². The first-order chi connectivity index (χ1) is 8.56. The molecule has 0 radical (unpaired) electrons. The van der Waals surface area contributed by atoms with Crippen LogP contribution in [0.4, 0.5) is 0 Å². The molecule has 0 bridgehead atoms. The number of benzene rings is 1. The molecule has 0 saturated carbocycles. The lowest BCUT2D eigenvalue weighted by atomic mass is 10.0. The molecule has 1 heterocycles. The van der Waals surface area contributed by atoms with E-state index >= 15 is 0 Å². The van der Waals surface area contributed by atoms with Crippen molar-refractivity contribution >= 4 is 11.3 Å². The molecule has 1 atom stereocenters. The molecule has 1 unspecified atom stereocenters. The van der Waals surface area contributed by atoms with Crippen molar-refractivity contribution in [2.24, 2.45) is 5.73 Å². The van der Waals surface area contributed by atoms with Crippen molar-refractivity contribution in [2.75, 3.05) is 0 Å². The predicted molar refractivity (Wildman–Crippen MR) is 78.0 cm³/mol. The summed E-state index contributed by atoms with van der Waals surface area (Å²) in [6.45, 7) is 6.42. The lowest BCUT2D eigenvalue weighted by Crippen LogP contribution is -2.13. The third kappa shape index (κ3) is 3.18. The number of nitrogens with zero attached hydrogens (tertiary/aromatic N) is 1. The molecule has 0 spiro atoms. The van der Waals surface area contributed by atoms with Gasteiger partial charge in [-0.1, -0.05) is 43.7 Å². The van der Waals surface area contributed by atoms with Crippen LogP contribution in [0.2, 0.25) is 0 Å². The van der Waals surface area contributed by atoms with E-state index in [9.17, 15) is 0 Å². The largest absolute Gasteiger partial charge is 0.324 e. The molecule has 0 aliphatic rings. The second kappa shape index (κ2) is 5.63. The smallest absolute Gasteiger partial charge is 0.0947 e. The van der Waals surface area contributed by atoms with Gasteiger partial charge in [-0.25, -0.2) is 4.98 Å². The van der Waals surface area contributed by atoms with Gasteiger partial charge in [-0.05, 0) is 18.4 Å². The van der Waals surface area contributed by atoms with Crippen LogP contribution in [-0.4, -0.2) is 4.98 Å². The average molecular weight is 260 g/mol. The quantitative estimate of drug-likeness (QED) is 0.907. The van der Waals surface area contributed by atoms with Gasteiger partial charge in [0.15, 0.2) is 0 Å². The predicted octanol–water partition coefficient (Wildman–Crippen LogP) is 3.82. The molecule has 0 aliphatic heterocycles. The summed E-state index contributed by atoms with van der Waals surface area (Å²) in [5.74, 6) is 0.491. The minimum absolute atomic E-state index is 0.0387. The SMILES string of the molecule is Cc1ccc(C(N)Cc2nc(C(C)C)cs2)cc1. The van der Waals surface area contributed by atoms with E-state index in [1.54, 1.807) is 11.3 Å². The highest BCUT2D eigenvalue weighted by atomic mass is 32.1. The van der Waals surface area contributed by atoms with Gasteiger partial charge in [-0.3, -0.25) is 0 Å². The van der Waals surface area contributed by atoms with Crippen molar-refractivity contribution in [1.29, 1.82) is 0 Å². The standard InChI is InChI=1S/C15H20N2S/c1-10(2)14-9-18-15(17-14)8-13(16)12-6-4-11(3)5-7-12/h4-7,9-10,13H,8,16H2,1-3H3. The van der Waals surface area contributed by atoms with Crippen LogP contribution in [0.1, 0.15) is 47.6 Å². The highest BCUT2D eigenvalue weighted by Crippen LogP contribution is 2.22. The number of hydrogen-bond acceptors (Lipinski definition) is 3. The van der Waals surface area contributed by atoms with Crippen molar-refractivity contribution in [3.05, 3.63) is 51.5 Å². The first kappa shape index (κ1) is 13.2. The summed E-state index contributed by atoms with van der Waals surface area (Å²) in [4.78, 5) is 4.63. The summed E-state index contributed by atoms with van der Waals surface area (Å²) in [5.41, 5.74) is 9.85. The van der Waals surface area contributed by atoms with Crippen molar-refractivity contribution < 1.29 is 0 Å². The van der Waals surface area contributed by atoms with E-state index in [4.69, 9.17) is 5.73 Å². The highest BCUT2D eigenvalue weighted by molar-refractivity contribution is 7.09. The van der Waals surface area contributed by atoms with Crippen molar-refractivity contribution in [2.45, 2.75) is 39.2 Å². The Balaban J connectivity index is 2.06. The van der Waals surface area contributed by atoms with Crippen LogP contribution in [0.15, 0.2) is 29.6 Å².